The van der Waals surface area contributed by atoms with Crippen LogP contribution in [0.2, 0.25) is 0 Å². The summed E-state index contributed by atoms with van der Waals surface area (Å²) < 4.78 is 0. The Kier molecular flexibility index (Phi) is 4.70. The largest absolute Gasteiger partial charge is 0.209 e. The molecule has 8 bridgehead atoms. The van der Waals surface area contributed by atoms with Crippen LogP contribution < -0.4 is 0 Å². The number of hydrogen-bond donors (Lipinski definition) is 0. The first-order chi connectivity index (χ1) is 12.7. The van der Waals surface area contributed by atoms with Crippen LogP contribution >= 0.6 is 0 Å². The first kappa shape index (κ1) is 17.7. The third kappa shape index (κ3) is 3.60. The van der Waals surface area contributed by atoms with Gasteiger partial charge in [-0.25, -0.2) is 39.9 Å². The maximum Gasteiger partial charge on any atom is 0.174 e. The van der Waals surface area contributed by atoms with Gasteiger partial charge in [0.2, 0.25) is 0 Å². The van der Waals surface area contributed by atoms with Gasteiger partial charge in [0.25, 0.3) is 0 Å². The van der Waals surface area contributed by atoms with Crippen molar-refractivity contribution in [3.8, 4) is 6.07 Å². The van der Waals surface area contributed by atoms with Crippen LogP contribution in [0.1, 0.15) is 0 Å². The zero-order valence-electron chi connectivity index (χ0n) is 13.3. The Hall–Kier alpha value is -2.67. The fraction of sp³-hybridized carbons (Fsp3) is 0. The van der Waals surface area contributed by atoms with E-state index in [2.05, 4.69) is 46.0 Å². The molecule has 27 heavy (non-hydrogen) atoms. The average molecular weight is 510 g/mol. The predicted molar refractivity (Wildman–Crippen MR) is 101 cm³/mol. The summed E-state index contributed by atoms with van der Waals surface area (Å²) in [7, 11) is 0. The molecular formula is C17H7N9Yb. The Labute approximate surface area is 191 Å². The number of fused-ring (bicyclic) bond motifs is 4. The maximum atomic E-state index is 9.30. The molecule has 0 atom stereocenters. The molecule has 0 aromatic rings. The zero-order valence-corrected chi connectivity index (χ0v) is 15.0. The second-order valence-electron chi connectivity index (χ2n) is 5.40. The van der Waals surface area contributed by atoms with E-state index in [9.17, 15) is 5.26 Å². The first-order valence-corrected chi connectivity index (χ1v) is 7.61. The third-order valence-corrected chi connectivity index (χ3v) is 3.59. The Bertz CT molecular complexity index is 1170. The van der Waals surface area contributed by atoms with Crippen LogP contribution in [0.15, 0.2) is 88.0 Å². The topological polar surface area (TPSA) is 123 Å². The number of hydrogen-bond acceptors (Lipinski definition) is 9. The normalized spacial score (nSPS) is 28.8. The quantitative estimate of drug-likeness (QED) is 0.480. The van der Waals surface area contributed by atoms with Crippen molar-refractivity contribution in [2.75, 3.05) is 0 Å². The second kappa shape index (κ2) is 7.15. The molecule has 134 valence electrons. The molecule has 0 saturated carbocycles. The van der Waals surface area contributed by atoms with Crippen molar-refractivity contribution in [2.45, 2.75) is 0 Å². The van der Waals surface area contributed by atoms with Crippen molar-refractivity contribution in [3.05, 3.63) is 48.1 Å². The molecular weight excluding hydrogens is 503 g/mol. The molecule has 0 amide bonds. The molecule has 0 aromatic heterocycles. The van der Waals surface area contributed by atoms with Crippen LogP contribution in [0.25, 0.3) is 0 Å². The second-order valence-corrected chi connectivity index (χ2v) is 5.40. The minimum atomic E-state index is 0. The van der Waals surface area contributed by atoms with E-state index >= 15 is 0 Å². The third-order valence-electron chi connectivity index (χ3n) is 3.59. The molecule has 5 rings (SSSR count). The first-order valence-electron chi connectivity index (χ1n) is 7.61. The van der Waals surface area contributed by atoms with Gasteiger partial charge in [-0.2, -0.15) is 5.26 Å². The van der Waals surface area contributed by atoms with Crippen LogP contribution in [-0.2, 0) is 0 Å². The smallest absolute Gasteiger partial charge is 0.174 e. The molecule has 0 aromatic carbocycles. The molecule has 5 aliphatic heterocycles. The zero-order chi connectivity index (χ0) is 17.5. The Morgan fingerprint density at radius 2 is 0.889 bits per heavy atom. The molecule has 0 spiro atoms. The van der Waals surface area contributed by atoms with Crippen LogP contribution in [0, 0.1) is 58.3 Å². The monoisotopic (exact) mass is 511 g/mol. The maximum absolute atomic E-state index is 9.30. The van der Waals surface area contributed by atoms with Crippen molar-refractivity contribution < 1.29 is 46.9 Å². The van der Waals surface area contributed by atoms with Gasteiger partial charge in [0.1, 0.15) is 11.6 Å². The summed E-state index contributed by atoms with van der Waals surface area (Å²) in [4.78, 5) is 34.5. The van der Waals surface area contributed by atoms with Crippen LogP contribution in [0.3, 0.4) is 0 Å². The molecule has 0 unspecified atom stereocenters. The minimum absolute atomic E-state index is 0. The van der Waals surface area contributed by atoms with Gasteiger partial charge >= 0.3 is 0 Å². The van der Waals surface area contributed by atoms with E-state index in [1.165, 1.54) is 0 Å². The summed E-state index contributed by atoms with van der Waals surface area (Å²) in [6.45, 7) is 0. The molecule has 0 radical (unpaired) electrons. The number of aliphatic imine (C=N–C) groups is 8. The van der Waals surface area contributed by atoms with Crippen LogP contribution in [0.4, 0.5) is 0 Å². The molecule has 0 N–H and O–H groups in total. The molecule has 5 aliphatic rings. The minimum Gasteiger partial charge on any atom is -0.209 e. The van der Waals surface area contributed by atoms with Gasteiger partial charge in [0.15, 0.2) is 46.7 Å². The Morgan fingerprint density at radius 1 is 0.519 bits per heavy atom. The SMILES string of the molecule is N#CC1=CC2=NC/1=N\C1=NC(=N\C3=NC(=N\C4=NC(=N\2)/C=C4)/C=C3)/C=C1.[Yb]. The van der Waals surface area contributed by atoms with E-state index in [1.54, 1.807) is 42.5 Å². The van der Waals surface area contributed by atoms with E-state index in [0.29, 0.717) is 46.4 Å². The van der Waals surface area contributed by atoms with Gasteiger partial charge in [-0.1, -0.05) is 0 Å². The predicted octanol–water partition coefficient (Wildman–Crippen LogP) is 1.36. The van der Waals surface area contributed by atoms with E-state index in [-0.39, 0.29) is 52.8 Å². The van der Waals surface area contributed by atoms with Gasteiger partial charge in [0, 0.05) is 53.0 Å². The summed E-state index contributed by atoms with van der Waals surface area (Å²) in [5, 5.41) is 9.30. The summed E-state index contributed by atoms with van der Waals surface area (Å²) in [5.41, 5.74) is 0.313. The van der Waals surface area contributed by atoms with Gasteiger partial charge in [0.05, 0.1) is 0 Å². The molecule has 0 saturated heterocycles. The summed E-state index contributed by atoms with van der Waals surface area (Å²) in [6, 6.07) is 2.06. The van der Waals surface area contributed by atoms with E-state index < -0.39 is 0 Å². The molecule has 10 heteroatoms. The molecule has 0 aliphatic carbocycles. The van der Waals surface area contributed by atoms with E-state index in [0.717, 1.165) is 0 Å². The Balaban J connectivity index is 0.00000180. The standard InChI is InChI=1S/C17H7N9.Yb/c18-8-9-7-16-24-14-4-3-12(22-14)20-10-1-2-11(19-10)21-13-5-6-15(23-13)25-17(9)26-16;/h1-7H;/b20-10-,20-12?,21-11?,21-13-,24-14-,24-16?,25-15?,25-17-;. The number of amidine groups is 8. The Morgan fingerprint density at radius 3 is 1.30 bits per heavy atom. The van der Waals surface area contributed by atoms with Gasteiger partial charge in [-0.3, -0.25) is 0 Å². The fourth-order valence-electron chi connectivity index (χ4n) is 2.48. The fourth-order valence-corrected chi connectivity index (χ4v) is 2.48. The molecule has 5 heterocycles. The van der Waals surface area contributed by atoms with Gasteiger partial charge in [-0.05, 0) is 36.5 Å². The number of nitriles is 1. The van der Waals surface area contributed by atoms with E-state index in [4.69, 9.17) is 0 Å². The van der Waals surface area contributed by atoms with E-state index in [1.807, 2.05) is 0 Å². The van der Waals surface area contributed by atoms with Crippen molar-refractivity contribution in [1.82, 2.24) is 0 Å². The average Bonchev–Trinajstić information content (AvgIpc) is 3.39. The number of nitrogens with zero attached hydrogens (tertiary/aromatic N) is 9. The van der Waals surface area contributed by atoms with Crippen molar-refractivity contribution in [3.63, 3.8) is 0 Å². The summed E-state index contributed by atoms with van der Waals surface area (Å²) >= 11 is 0. The van der Waals surface area contributed by atoms with Crippen LogP contribution in [-0.4, -0.2) is 46.7 Å². The summed E-state index contributed by atoms with van der Waals surface area (Å²) in [6.07, 6.45) is 11.9. The van der Waals surface area contributed by atoms with Crippen molar-refractivity contribution >= 4 is 46.7 Å². The summed E-state index contributed by atoms with van der Waals surface area (Å²) in [5.74, 6) is 3.38. The van der Waals surface area contributed by atoms with Crippen molar-refractivity contribution in [2.24, 2.45) is 39.9 Å². The van der Waals surface area contributed by atoms with Crippen molar-refractivity contribution in [1.29, 1.82) is 5.26 Å². The van der Waals surface area contributed by atoms with Gasteiger partial charge in [-0.15, -0.1) is 0 Å². The van der Waals surface area contributed by atoms with Gasteiger partial charge < -0.3 is 0 Å². The molecule has 0 fully saturated rings. The molecule has 9 nitrogen and oxygen atoms in total. The number of rotatable bonds is 0. The van der Waals surface area contributed by atoms with Crippen LogP contribution in [0.5, 0.6) is 0 Å².